The molecule has 2 aromatic carbocycles. The molecule has 5 heteroatoms. The lowest BCUT2D eigenvalue weighted by Crippen LogP contribution is -2.20. The lowest BCUT2D eigenvalue weighted by molar-refractivity contribution is 0.102. The summed E-state index contributed by atoms with van der Waals surface area (Å²) in [6.45, 7) is 2.82. The molecule has 2 aromatic rings. The van der Waals surface area contributed by atoms with Crippen LogP contribution in [0.3, 0.4) is 0 Å². The number of nitrogens with one attached hydrogen (secondary N) is 1. The Morgan fingerprint density at radius 1 is 1.29 bits per heavy atom. The van der Waals surface area contributed by atoms with E-state index >= 15 is 0 Å². The number of halogens is 2. The summed E-state index contributed by atoms with van der Waals surface area (Å²) in [4.78, 5) is 14.3. The molecule has 2 rings (SSSR count). The fourth-order valence-electron chi connectivity index (χ4n) is 1.94. The number of anilines is 2. The number of nitrogens with zero attached hydrogens (tertiary/aromatic N) is 1. The molecule has 0 saturated heterocycles. The zero-order valence-corrected chi connectivity index (χ0v) is 13.4. The van der Waals surface area contributed by atoms with Crippen molar-refractivity contribution in [2.24, 2.45) is 0 Å². The molecule has 110 valence electrons. The van der Waals surface area contributed by atoms with Crippen molar-refractivity contribution in [3.05, 3.63) is 58.3 Å². The van der Waals surface area contributed by atoms with Gasteiger partial charge in [-0.15, -0.1) is 0 Å². The van der Waals surface area contributed by atoms with Crippen LogP contribution in [0.25, 0.3) is 0 Å². The van der Waals surface area contributed by atoms with Crippen molar-refractivity contribution in [3.8, 4) is 0 Å². The highest BCUT2D eigenvalue weighted by molar-refractivity contribution is 9.10. The van der Waals surface area contributed by atoms with Crippen LogP contribution in [-0.2, 0) is 0 Å². The molecule has 0 atom stereocenters. The highest BCUT2D eigenvalue weighted by Crippen LogP contribution is 2.25. The van der Waals surface area contributed by atoms with Gasteiger partial charge >= 0.3 is 0 Å². The van der Waals surface area contributed by atoms with E-state index in [1.165, 1.54) is 12.1 Å². The third-order valence-corrected chi connectivity index (χ3v) is 3.70. The van der Waals surface area contributed by atoms with Crippen LogP contribution in [0.2, 0.25) is 0 Å². The van der Waals surface area contributed by atoms with Crippen molar-refractivity contribution in [2.75, 3.05) is 23.8 Å². The van der Waals surface area contributed by atoms with Gasteiger partial charge in [-0.25, -0.2) is 4.39 Å². The van der Waals surface area contributed by atoms with Crippen LogP contribution in [0, 0.1) is 5.82 Å². The number of para-hydroxylation sites is 2. The monoisotopic (exact) mass is 350 g/mol. The molecule has 0 bridgehead atoms. The smallest absolute Gasteiger partial charge is 0.258 e. The third kappa shape index (κ3) is 3.61. The van der Waals surface area contributed by atoms with Crippen LogP contribution in [-0.4, -0.2) is 19.5 Å². The van der Waals surface area contributed by atoms with Crippen molar-refractivity contribution in [2.45, 2.75) is 6.92 Å². The Morgan fingerprint density at radius 3 is 2.71 bits per heavy atom. The molecule has 0 heterocycles. The van der Waals surface area contributed by atoms with Gasteiger partial charge in [0.1, 0.15) is 5.82 Å². The minimum atomic E-state index is -0.544. The predicted molar refractivity (Wildman–Crippen MR) is 87.4 cm³/mol. The third-order valence-electron chi connectivity index (χ3n) is 3.21. The van der Waals surface area contributed by atoms with Gasteiger partial charge in [-0.2, -0.15) is 0 Å². The van der Waals surface area contributed by atoms with Crippen molar-refractivity contribution >= 4 is 33.2 Å². The maximum absolute atomic E-state index is 13.8. The summed E-state index contributed by atoms with van der Waals surface area (Å²) >= 11 is 3.24. The van der Waals surface area contributed by atoms with Gasteiger partial charge in [0.05, 0.1) is 16.9 Å². The molecule has 0 aliphatic rings. The second-order valence-corrected chi connectivity index (χ2v) is 5.53. The lowest BCUT2D eigenvalue weighted by atomic mass is 10.2. The second-order valence-electron chi connectivity index (χ2n) is 4.61. The van der Waals surface area contributed by atoms with Crippen LogP contribution in [0.1, 0.15) is 17.3 Å². The summed E-state index contributed by atoms with van der Waals surface area (Å²) < 4.78 is 14.4. The first-order valence-electron chi connectivity index (χ1n) is 6.59. The minimum Gasteiger partial charge on any atom is -0.373 e. The summed E-state index contributed by atoms with van der Waals surface area (Å²) in [7, 11) is 1.94. The summed E-state index contributed by atoms with van der Waals surface area (Å²) in [6, 6.07) is 11.7. The van der Waals surface area contributed by atoms with Gasteiger partial charge in [0.15, 0.2) is 0 Å². The number of amides is 1. The average molecular weight is 351 g/mol. The van der Waals surface area contributed by atoms with E-state index in [0.717, 1.165) is 12.2 Å². The van der Waals surface area contributed by atoms with Gasteiger partial charge in [-0.3, -0.25) is 4.79 Å². The maximum atomic E-state index is 13.8. The predicted octanol–water partition coefficient (Wildman–Crippen LogP) is 4.30. The lowest BCUT2D eigenvalue weighted by Gasteiger charge is -2.20. The Kier molecular flexibility index (Phi) is 4.96. The van der Waals surface area contributed by atoms with E-state index < -0.39 is 11.7 Å². The second kappa shape index (κ2) is 6.72. The van der Waals surface area contributed by atoms with Gasteiger partial charge < -0.3 is 10.2 Å². The van der Waals surface area contributed by atoms with Crippen molar-refractivity contribution in [3.63, 3.8) is 0 Å². The fraction of sp³-hybridized carbons (Fsp3) is 0.188. The molecule has 0 aliphatic carbocycles. The van der Waals surface area contributed by atoms with Crippen LogP contribution < -0.4 is 10.2 Å². The molecule has 1 N–H and O–H groups in total. The highest BCUT2D eigenvalue weighted by atomic mass is 79.9. The van der Waals surface area contributed by atoms with Crippen molar-refractivity contribution in [1.29, 1.82) is 0 Å². The molecule has 0 aliphatic heterocycles. The number of carbonyl (C=O) groups excluding carboxylic acids is 1. The number of carbonyl (C=O) groups is 1. The van der Waals surface area contributed by atoms with E-state index in [9.17, 15) is 9.18 Å². The van der Waals surface area contributed by atoms with Crippen LogP contribution >= 0.6 is 15.9 Å². The number of hydrogen-bond acceptors (Lipinski definition) is 2. The Morgan fingerprint density at radius 2 is 2.00 bits per heavy atom. The first kappa shape index (κ1) is 15.5. The Hall–Kier alpha value is -1.88. The van der Waals surface area contributed by atoms with E-state index in [2.05, 4.69) is 21.2 Å². The topological polar surface area (TPSA) is 32.3 Å². The van der Waals surface area contributed by atoms with E-state index in [1.807, 2.05) is 37.1 Å². The highest BCUT2D eigenvalue weighted by Gasteiger charge is 2.14. The van der Waals surface area contributed by atoms with E-state index in [0.29, 0.717) is 10.2 Å². The standard InChI is InChI=1S/C16H16BrFN2O/c1-3-20(2)15-7-5-4-6-14(15)19-16(21)12-10-11(17)8-9-13(12)18/h4-10H,3H2,1-2H3,(H,19,21). The summed E-state index contributed by atoms with van der Waals surface area (Å²) in [6.07, 6.45) is 0. The van der Waals surface area contributed by atoms with Crippen molar-refractivity contribution in [1.82, 2.24) is 0 Å². The molecule has 0 fully saturated rings. The number of rotatable bonds is 4. The minimum absolute atomic E-state index is 0.0123. The summed E-state index contributed by atoms with van der Waals surface area (Å²) in [5, 5.41) is 2.77. The van der Waals surface area contributed by atoms with Gasteiger partial charge in [0.25, 0.3) is 5.91 Å². The van der Waals surface area contributed by atoms with E-state index in [1.54, 1.807) is 12.1 Å². The first-order valence-corrected chi connectivity index (χ1v) is 7.38. The van der Waals surface area contributed by atoms with Crippen LogP contribution in [0.5, 0.6) is 0 Å². The zero-order valence-electron chi connectivity index (χ0n) is 11.9. The molecular formula is C16H16BrFN2O. The first-order chi connectivity index (χ1) is 10.0. The number of hydrogen-bond donors (Lipinski definition) is 1. The molecule has 3 nitrogen and oxygen atoms in total. The molecule has 0 radical (unpaired) electrons. The average Bonchev–Trinajstić information content (AvgIpc) is 2.49. The Labute approximate surface area is 131 Å². The molecule has 1 amide bonds. The molecule has 0 aromatic heterocycles. The fourth-order valence-corrected chi connectivity index (χ4v) is 2.30. The van der Waals surface area contributed by atoms with Crippen LogP contribution in [0.4, 0.5) is 15.8 Å². The van der Waals surface area contributed by atoms with Gasteiger partial charge in [-0.05, 0) is 37.3 Å². The molecule has 0 unspecified atom stereocenters. The Bertz CT molecular complexity index is 660. The zero-order chi connectivity index (χ0) is 15.4. The van der Waals surface area contributed by atoms with Gasteiger partial charge in [0.2, 0.25) is 0 Å². The SMILES string of the molecule is CCN(C)c1ccccc1NC(=O)c1cc(Br)ccc1F. The van der Waals surface area contributed by atoms with E-state index in [-0.39, 0.29) is 5.56 Å². The molecule has 0 spiro atoms. The summed E-state index contributed by atoms with van der Waals surface area (Å²) in [5.74, 6) is -1.01. The van der Waals surface area contributed by atoms with Gasteiger partial charge in [0, 0.05) is 18.1 Å². The molecule has 21 heavy (non-hydrogen) atoms. The molecular weight excluding hydrogens is 335 g/mol. The van der Waals surface area contributed by atoms with Gasteiger partial charge in [-0.1, -0.05) is 28.1 Å². The van der Waals surface area contributed by atoms with Crippen molar-refractivity contribution < 1.29 is 9.18 Å². The van der Waals surface area contributed by atoms with E-state index in [4.69, 9.17) is 0 Å². The largest absolute Gasteiger partial charge is 0.373 e. The normalized spacial score (nSPS) is 10.3. The maximum Gasteiger partial charge on any atom is 0.258 e. The quantitative estimate of drug-likeness (QED) is 0.891. The molecule has 0 saturated carbocycles. The summed E-state index contributed by atoms with van der Waals surface area (Å²) in [5.41, 5.74) is 1.56. The van der Waals surface area contributed by atoms with Crippen LogP contribution in [0.15, 0.2) is 46.9 Å². The Balaban J connectivity index is 2.30. The number of benzene rings is 2.